The van der Waals surface area contributed by atoms with Crippen molar-refractivity contribution in [3.63, 3.8) is 0 Å². The lowest BCUT2D eigenvalue weighted by Crippen LogP contribution is -2.35. The van der Waals surface area contributed by atoms with Gasteiger partial charge < -0.3 is 5.32 Å². The summed E-state index contributed by atoms with van der Waals surface area (Å²) in [5, 5.41) is 11.2. The van der Waals surface area contributed by atoms with Gasteiger partial charge in [0.15, 0.2) is 0 Å². The summed E-state index contributed by atoms with van der Waals surface area (Å²) in [7, 11) is 0. The second-order valence-corrected chi connectivity index (χ2v) is 5.44. The topological polar surface area (TPSA) is 52.9 Å². The Labute approximate surface area is 93.4 Å². The van der Waals surface area contributed by atoms with E-state index in [0.29, 0.717) is 13.0 Å². The zero-order valence-corrected chi connectivity index (χ0v) is 9.61. The number of carbonyl (C=O) groups is 1. The van der Waals surface area contributed by atoms with Gasteiger partial charge in [-0.1, -0.05) is 0 Å². The van der Waals surface area contributed by atoms with Gasteiger partial charge in [-0.15, -0.1) is 23.2 Å². The maximum Gasteiger partial charge on any atom is 0.229 e. The van der Waals surface area contributed by atoms with Crippen molar-refractivity contribution in [2.24, 2.45) is 11.3 Å². The van der Waals surface area contributed by atoms with E-state index >= 15 is 0 Å². The number of rotatable bonds is 3. The standard InChI is InChI=1S/C9H12Cl2N2O/c1-6(3-12)4-13-7(14)8(2)5-9(8,10)11/h6H,4-5H2,1-2H3,(H,13,14)/t6-,8+/m0/s1. The van der Waals surface area contributed by atoms with Crippen LogP contribution in [0.1, 0.15) is 20.3 Å². The summed E-state index contributed by atoms with van der Waals surface area (Å²) in [6.45, 7) is 3.80. The Kier molecular flexibility index (Phi) is 2.99. The molecule has 0 aromatic heterocycles. The van der Waals surface area contributed by atoms with Crippen molar-refractivity contribution < 1.29 is 4.79 Å². The Hall–Kier alpha value is -0.460. The fourth-order valence-corrected chi connectivity index (χ4v) is 1.84. The average Bonchev–Trinajstić information content (AvgIpc) is 2.62. The van der Waals surface area contributed by atoms with Crippen LogP contribution in [0.15, 0.2) is 0 Å². The first kappa shape index (κ1) is 11.6. The summed E-state index contributed by atoms with van der Waals surface area (Å²) in [5.74, 6) is -0.369. The number of halogens is 2. The second kappa shape index (κ2) is 3.60. The molecule has 0 unspecified atom stereocenters. The minimum atomic E-state index is -0.938. The van der Waals surface area contributed by atoms with Crippen molar-refractivity contribution in [1.29, 1.82) is 5.26 Å². The van der Waals surface area contributed by atoms with Crippen LogP contribution in [0.4, 0.5) is 0 Å². The predicted octanol–water partition coefficient (Wildman–Crippen LogP) is 1.85. The van der Waals surface area contributed by atoms with Crippen LogP contribution in [0.3, 0.4) is 0 Å². The molecule has 1 rings (SSSR count). The third-order valence-corrected chi connectivity index (χ3v) is 3.65. The van der Waals surface area contributed by atoms with Gasteiger partial charge in [0.25, 0.3) is 0 Å². The molecule has 0 saturated heterocycles. The molecule has 0 aliphatic heterocycles. The molecule has 0 radical (unpaired) electrons. The molecule has 1 fully saturated rings. The molecular formula is C9H12Cl2N2O. The minimum Gasteiger partial charge on any atom is -0.354 e. The van der Waals surface area contributed by atoms with Gasteiger partial charge >= 0.3 is 0 Å². The first-order valence-electron chi connectivity index (χ1n) is 4.39. The zero-order valence-electron chi connectivity index (χ0n) is 8.10. The lowest BCUT2D eigenvalue weighted by atomic mass is 10.1. The maximum absolute atomic E-state index is 11.6. The molecule has 1 N–H and O–H groups in total. The van der Waals surface area contributed by atoms with Gasteiger partial charge in [0.2, 0.25) is 5.91 Å². The number of hydrogen-bond acceptors (Lipinski definition) is 2. The highest BCUT2D eigenvalue weighted by Gasteiger charge is 2.67. The van der Waals surface area contributed by atoms with Crippen molar-refractivity contribution in [1.82, 2.24) is 5.32 Å². The monoisotopic (exact) mass is 234 g/mol. The Morgan fingerprint density at radius 1 is 1.71 bits per heavy atom. The van der Waals surface area contributed by atoms with E-state index in [1.165, 1.54) is 0 Å². The van der Waals surface area contributed by atoms with Gasteiger partial charge in [-0.25, -0.2) is 0 Å². The summed E-state index contributed by atoms with van der Waals surface area (Å²) in [6, 6.07) is 2.03. The smallest absolute Gasteiger partial charge is 0.229 e. The van der Waals surface area contributed by atoms with Gasteiger partial charge in [-0.3, -0.25) is 4.79 Å². The number of alkyl halides is 2. The molecular weight excluding hydrogens is 223 g/mol. The number of amides is 1. The lowest BCUT2D eigenvalue weighted by molar-refractivity contribution is -0.125. The summed E-state index contributed by atoms with van der Waals surface area (Å²) >= 11 is 11.7. The highest BCUT2D eigenvalue weighted by atomic mass is 35.5. The highest BCUT2D eigenvalue weighted by Crippen LogP contribution is 2.63. The summed E-state index contributed by atoms with van der Waals surface area (Å²) in [5.41, 5.74) is -0.689. The zero-order chi connectivity index (χ0) is 11.0. The van der Waals surface area contributed by atoms with Crippen molar-refractivity contribution in [2.75, 3.05) is 6.54 Å². The Morgan fingerprint density at radius 2 is 2.21 bits per heavy atom. The first-order chi connectivity index (χ1) is 6.33. The van der Waals surface area contributed by atoms with Crippen molar-refractivity contribution >= 4 is 29.1 Å². The summed E-state index contributed by atoms with van der Waals surface area (Å²) in [4.78, 5) is 11.6. The van der Waals surface area contributed by atoms with Crippen LogP contribution >= 0.6 is 23.2 Å². The number of hydrogen-bond donors (Lipinski definition) is 1. The first-order valence-corrected chi connectivity index (χ1v) is 5.15. The van der Waals surface area contributed by atoms with Crippen molar-refractivity contribution in [2.45, 2.75) is 24.6 Å². The normalized spacial score (nSPS) is 30.2. The Morgan fingerprint density at radius 3 is 2.57 bits per heavy atom. The van der Waals surface area contributed by atoms with E-state index in [1.54, 1.807) is 13.8 Å². The van der Waals surface area contributed by atoms with E-state index in [1.807, 2.05) is 6.07 Å². The van der Waals surface area contributed by atoms with Crippen LogP contribution in [-0.2, 0) is 4.79 Å². The van der Waals surface area contributed by atoms with Gasteiger partial charge in [0.1, 0.15) is 4.33 Å². The van der Waals surface area contributed by atoms with Crippen LogP contribution < -0.4 is 5.32 Å². The third-order valence-electron chi connectivity index (χ3n) is 2.55. The Balaban J connectivity index is 2.43. The van der Waals surface area contributed by atoms with Gasteiger partial charge in [0, 0.05) is 6.54 Å². The molecule has 1 aliphatic carbocycles. The number of nitrogens with one attached hydrogen (secondary N) is 1. The molecule has 1 saturated carbocycles. The summed E-state index contributed by atoms with van der Waals surface area (Å²) in [6.07, 6.45) is 0.468. The molecule has 14 heavy (non-hydrogen) atoms. The highest BCUT2D eigenvalue weighted by molar-refractivity contribution is 6.53. The Bertz CT molecular complexity index is 298. The molecule has 2 atom stereocenters. The van der Waals surface area contributed by atoms with E-state index in [9.17, 15) is 4.79 Å². The van der Waals surface area contributed by atoms with E-state index in [2.05, 4.69) is 5.32 Å². The minimum absolute atomic E-state index is 0.176. The largest absolute Gasteiger partial charge is 0.354 e. The molecule has 1 aliphatic rings. The van der Waals surface area contributed by atoms with E-state index in [0.717, 1.165) is 0 Å². The molecule has 0 bridgehead atoms. The molecule has 0 heterocycles. The number of carbonyl (C=O) groups excluding carboxylic acids is 1. The van der Waals surface area contributed by atoms with Gasteiger partial charge in [-0.2, -0.15) is 5.26 Å². The third kappa shape index (κ3) is 1.97. The number of nitriles is 1. The SMILES string of the molecule is C[C@@H](C#N)CNC(=O)[C@@]1(C)CC1(Cl)Cl. The molecule has 0 aromatic carbocycles. The van der Waals surface area contributed by atoms with E-state index in [4.69, 9.17) is 28.5 Å². The van der Waals surface area contributed by atoms with Crippen molar-refractivity contribution in [3.05, 3.63) is 0 Å². The van der Waals surface area contributed by atoms with E-state index in [-0.39, 0.29) is 11.8 Å². The maximum atomic E-state index is 11.6. The quantitative estimate of drug-likeness (QED) is 0.759. The fraction of sp³-hybridized carbons (Fsp3) is 0.778. The van der Waals surface area contributed by atoms with Crippen LogP contribution in [0, 0.1) is 22.7 Å². The van der Waals surface area contributed by atoms with Crippen LogP contribution in [-0.4, -0.2) is 16.8 Å². The lowest BCUT2D eigenvalue weighted by Gasteiger charge is -2.12. The molecule has 1 amide bonds. The van der Waals surface area contributed by atoms with E-state index < -0.39 is 9.75 Å². The molecule has 0 aromatic rings. The molecule has 5 heteroatoms. The van der Waals surface area contributed by atoms with Crippen LogP contribution in [0.5, 0.6) is 0 Å². The average molecular weight is 235 g/mol. The van der Waals surface area contributed by atoms with Gasteiger partial charge in [-0.05, 0) is 20.3 Å². The molecule has 0 spiro atoms. The van der Waals surface area contributed by atoms with Crippen LogP contribution in [0.2, 0.25) is 0 Å². The molecule has 3 nitrogen and oxygen atoms in total. The van der Waals surface area contributed by atoms with Crippen LogP contribution in [0.25, 0.3) is 0 Å². The fourth-order valence-electron chi connectivity index (χ4n) is 1.13. The second-order valence-electron chi connectivity index (χ2n) is 3.95. The predicted molar refractivity (Wildman–Crippen MR) is 54.9 cm³/mol. The number of nitrogens with zero attached hydrogens (tertiary/aromatic N) is 1. The van der Waals surface area contributed by atoms with Gasteiger partial charge in [0.05, 0.1) is 17.4 Å². The summed E-state index contributed by atoms with van der Waals surface area (Å²) < 4.78 is -0.938. The molecule has 78 valence electrons. The van der Waals surface area contributed by atoms with Crippen molar-refractivity contribution in [3.8, 4) is 6.07 Å².